The third-order valence-corrected chi connectivity index (χ3v) is 4.85. The number of nitrogens with one attached hydrogen (secondary N) is 3. The SMILES string of the molecule is CNc1nc(Nc2cccn(-c3ccccn3)c2=O)nc2c1ncn2C(=O)NC1CC1. The van der Waals surface area contributed by atoms with Crippen molar-refractivity contribution in [2.75, 3.05) is 17.7 Å². The minimum atomic E-state index is -0.309. The fraction of sp³-hybridized carbons (Fsp3) is 0.200. The molecule has 0 radical (unpaired) electrons. The van der Waals surface area contributed by atoms with E-state index >= 15 is 0 Å². The third kappa shape index (κ3) is 3.56. The summed E-state index contributed by atoms with van der Waals surface area (Å²) in [5.41, 5.74) is 0.748. The van der Waals surface area contributed by atoms with Crippen LogP contribution >= 0.6 is 0 Å². The summed E-state index contributed by atoms with van der Waals surface area (Å²) in [6, 6.07) is 8.58. The largest absolute Gasteiger partial charge is 0.371 e. The summed E-state index contributed by atoms with van der Waals surface area (Å²) >= 11 is 0. The Kier molecular flexibility index (Phi) is 4.54. The third-order valence-electron chi connectivity index (χ3n) is 4.85. The molecule has 11 heteroatoms. The molecule has 31 heavy (non-hydrogen) atoms. The topological polar surface area (TPSA) is 132 Å². The Balaban J connectivity index is 1.53. The van der Waals surface area contributed by atoms with Gasteiger partial charge in [0.1, 0.15) is 17.8 Å². The summed E-state index contributed by atoms with van der Waals surface area (Å²) in [6.07, 6.45) is 6.61. The standard InChI is InChI=1S/C20H19N9O2/c1-21-16-15-17(29(11-23-15)20(31)24-12-7-8-12)27-19(26-16)25-13-5-4-10-28(18(13)30)14-6-2-3-9-22-14/h2-6,9-12H,7-8H2,1H3,(H,24,31)(H2,21,25,26,27). The van der Waals surface area contributed by atoms with Crippen LogP contribution in [0.2, 0.25) is 0 Å². The maximum absolute atomic E-state index is 13.0. The van der Waals surface area contributed by atoms with Crippen LogP contribution in [0.25, 0.3) is 17.0 Å². The van der Waals surface area contributed by atoms with E-state index in [9.17, 15) is 9.59 Å². The molecule has 4 aromatic heterocycles. The zero-order valence-electron chi connectivity index (χ0n) is 16.6. The van der Waals surface area contributed by atoms with E-state index in [0.717, 1.165) is 12.8 Å². The molecule has 3 N–H and O–H groups in total. The molecule has 0 bridgehead atoms. The first-order valence-corrected chi connectivity index (χ1v) is 9.78. The number of fused-ring (bicyclic) bond motifs is 1. The second kappa shape index (κ2) is 7.52. The lowest BCUT2D eigenvalue weighted by Gasteiger charge is -2.10. The zero-order chi connectivity index (χ0) is 21.4. The molecule has 1 fully saturated rings. The van der Waals surface area contributed by atoms with Gasteiger partial charge in [-0.15, -0.1) is 0 Å². The molecule has 0 saturated heterocycles. The second-order valence-corrected chi connectivity index (χ2v) is 7.07. The summed E-state index contributed by atoms with van der Waals surface area (Å²) < 4.78 is 2.77. The fourth-order valence-electron chi connectivity index (χ4n) is 3.14. The lowest BCUT2D eigenvalue weighted by Crippen LogP contribution is -2.30. The Morgan fingerprint density at radius 2 is 2.00 bits per heavy atom. The van der Waals surface area contributed by atoms with Crippen LogP contribution in [0, 0.1) is 0 Å². The average Bonchev–Trinajstić information content (AvgIpc) is 3.50. The summed E-state index contributed by atoms with van der Waals surface area (Å²) in [5, 5.41) is 8.84. The van der Waals surface area contributed by atoms with Crippen LogP contribution in [0.15, 0.2) is 53.8 Å². The smallest absolute Gasteiger partial charge is 0.328 e. The van der Waals surface area contributed by atoms with E-state index in [0.29, 0.717) is 22.8 Å². The van der Waals surface area contributed by atoms with E-state index in [1.165, 1.54) is 15.5 Å². The first-order valence-electron chi connectivity index (χ1n) is 9.78. The van der Waals surface area contributed by atoms with E-state index in [2.05, 4.69) is 35.9 Å². The molecular weight excluding hydrogens is 398 g/mol. The Morgan fingerprint density at radius 1 is 1.13 bits per heavy atom. The maximum atomic E-state index is 13.0. The van der Waals surface area contributed by atoms with Crippen molar-refractivity contribution in [3.8, 4) is 5.82 Å². The van der Waals surface area contributed by atoms with Gasteiger partial charge >= 0.3 is 6.03 Å². The first-order chi connectivity index (χ1) is 15.1. The Labute approximate surface area is 176 Å². The van der Waals surface area contributed by atoms with Gasteiger partial charge in [0.05, 0.1) is 0 Å². The second-order valence-electron chi connectivity index (χ2n) is 7.07. The number of carbonyl (C=O) groups is 1. The average molecular weight is 417 g/mol. The van der Waals surface area contributed by atoms with Gasteiger partial charge < -0.3 is 16.0 Å². The van der Waals surface area contributed by atoms with Crippen molar-refractivity contribution in [1.29, 1.82) is 0 Å². The Morgan fingerprint density at radius 3 is 2.74 bits per heavy atom. The van der Waals surface area contributed by atoms with Crippen molar-refractivity contribution in [3.05, 3.63) is 59.4 Å². The van der Waals surface area contributed by atoms with Crippen molar-refractivity contribution >= 4 is 34.6 Å². The number of aromatic nitrogens is 6. The molecule has 1 aliphatic rings. The molecule has 0 aliphatic heterocycles. The number of hydrogen-bond donors (Lipinski definition) is 3. The highest BCUT2D eigenvalue weighted by atomic mass is 16.2. The molecule has 0 spiro atoms. The van der Waals surface area contributed by atoms with Crippen LogP contribution in [0.1, 0.15) is 12.8 Å². The number of carbonyl (C=O) groups excluding carboxylic acids is 1. The number of anilines is 3. The van der Waals surface area contributed by atoms with E-state index < -0.39 is 0 Å². The van der Waals surface area contributed by atoms with Crippen molar-refractivity contribution in [3.63, 3.8) is 0 Å². The predicted molar refractivity (Wildman–Crippen MR) is 115 cm³/mol. The van der Waals surface area contributed by atoms with Gasteiger partial charge in [0.25, 0.3) is 5.56 Å². The Hall–Kier alpha value is -4.28. The van der Waals surface area contributed by atoms with E-state index in [-0.39, 0.29) is 29.3 Å². The molecule has 4 heterocycles. The van der Waals surface area contributed by atoms with Gasteiger partial charge in [-0.1, -0.05) is 6.07 Å². The minimum Gasteiger partial charge on any atom is -0.371 e. The molecule has 0 aromatic carbocycles. The number of nitrogens with zero attached hydrogens (tertiary/aromatic N) is 6. The predicted octanol–water partition coefficient (Wildman–Crippen LogP) is 1.88. The van der Waals surface area contributed by atoms with Crippen molar-refractivity contribution < 1.29 is 4.79 Å². The van der Waals surface area contributed by atoms with Gasteiger partial charge in [0.15, 0.2) is 17.0 Å². The molecule has 1 amide bonds. The summed E-state index contributed by atoms with van der Waals surface area (Å²) in [7, 11) is 1.70. The van der Waals surface area contributed by atoms with Crippen molar-refractivity contribution in [2.24, 2.45) is 0 Å². The highest BCUT2D eigenvalue weighted by molar-refractivity contribution is 5.92. The molecule has 11 nitrogen and oxygen atoms in total. The van der Waals surface area contributed by atoms with E-state index in [4.69, 9.17) is 0 Å². The molecule has 0 unspecified atom stereocenters. The van der Waals surface area contributed by atoms with Crippen LogP contribution < -0.4 is 21.5 Å². The number of amides is 1. The van der Waals surface area contributed by atoms with Crippen LogP contribution in [-0.2, 0) is 0 Å². The summed E-state index contributed by atoms with van der Waals surface area (Å²) in [6.45, 7) is 0. The number of imidazole rings is 1. The highest BCUT2D eigenvalue weighted by Gasteiger charge is 2.25. The lowest BCUT2D eigenvalue weighted by molar-refractivity contribution is 0.242. The summed E-state index contributed by atoms with van der Waals surface area (Å²) in [5.74, 6) is 1.10. The van der Waals surface area contributed by atoms with E-state index in [1.807, 2.05) is 0 Å². The molecule has 5 rings (SSSR count). The molecule has 156 valence electrons. The van der Waals surface area contributed by atoms with Gasteiger partial charge in [0, 0.05) is 25.5 Å². The fourth-order valence-corrected chi connectivity index (χ4v) is 3.14. The Bertz CT molecular complexity index is 1330. The van der Waals surface area contributed by atoms with E-state index in [1.54, 1.807) is 49.8 Å². The van der Waals surface area contributed by atoms with Crippen molar-refractivity contribution in [2.45, 2.75) is 18.9 Å². The highest BCUT2D eigenvalue weighted by Crippen LogP contribution is 2.23. The van der Waals surface area contributed by atoms with Gasteiger partial charge in [-0.05, 0) is 37.1 Å². The van der Waals surface area contributed by atoms with Crippen molar-refractivity contribution in [1.82, 2.24) is 34.4 Å². The molecule has 1 saturated carbocycles. The van der Waals surface area contributed by atoms with Crippen LogP contribution in [0.4, 0.5) is 22.2 Å². The van der Waals surface area contributed by atoms with Gasteiger partial charge in [0.2, 0.25) is 5.95 Å². The number of hydrogen-bond acceptors (Lipinski definition) is 8. The van der Waals surface area contributed by atoms with Gasteiger partial charge in [-0.2, -0.15) is 9.97 Å². The first kappa shape index (κ1) is 18.7. The molecule has 1 aliphatic carbocycles. The maximum Gasteiger partial charge on any atom is 0.328 e. The zero-order valence-corrected chi connectivity index (χ0v) is 16.6. The van der Waals surface area contributed by atoms with Crippen LogP contribution in [0.5, 0.6) is 0 Å². The number of rotatable bonds is 5. The molecule has 0 atom stereocenters. The lowest BCUT2D eigenvalue weighted by atomic mass is 10.3. The monoisotopic (exact) mass is 417 g/mol. The molecule has 4 aromatic rings. The van der Waals surface area contributed by atoms with Gasteiger partial charge in [-0.25, -0.2) is 19.3 Å². The quantitative estimate of drug-likeness (QED) is 0.448. The summed E-state index contributed by atoms with van der Waals surface area (Å²) in [4.78, 5) is 42.8. The van der Waals surface area contributed by atoms with Gasteiger partial charge in [-0.3, -0.25) is 9.36 Å². The molecular formula is C20H19N9O2. The number of pyridine rings is 2. The van der Waals surface area contributed by atoms with Crippen LogP contribution in [0.3, 0.4) is 0 Å². The van der Waals surface area contributed by atoms with Crippen LogP contribution in [-0.4, -0.2) is 48.2 Å². The normalized spacial score (nSPS) is 13.2. The minimum absolute atomic E-state index is 0.161.